The number of hydrazone groups is 1. The zero-order valence-electron chi connectivity index (χ0n) is 7.62. The third-order valence-corrected chi connectivity index (χ3v) is 1.97. The van der Waals surface area contributed by atoms with Crippen molar-refractivity contribution < 1.29 is 4.79 Å². The Morgan fingerprint density at radius 3 is 3.08 bits per heavy atom. The number of carbonyl (C=O) groups excluding carboxylic acids is 1. The van der Waals surface area contributed by atoms with Crippen LogP contribution in [0.3, 0.4) is 0 Å². The molecule has 1 aliphatic rings. The molecule has 0 radical (unpaired) electrons. The average Bonchev–Trinajstić information content (AvgIpc) is 2.09. The summed E-state index contributed by atoms with van der Waals surface area (Å²) < 4.78 is 0. The smallest absolute Gasteiger partial charge is 0.243 e. The second-order valence-electron chi connectivity index (χ2n) is 3.06. The van der Waals surface area contributed by atoms with Gasteiger partial charge >= 0.3 is 0 Å². The maximum absolute atomic E-state index is 11.2. The van der Waals surface area contributed by atoms with E-state index in [9.17, 15) is 4.79 Å². The summed E-state index contributed by atoms with van der Waals surface area (Å²) in [4.78, 5) is 11.2. The molecule has 12 heavy (non-hydrogen) atoms. The van der Waals surface area contributed by atoms with Crippen molar-refractivity contribution in [3.05, 3.63) is 0 Å². The molecule has 0 aliphatic carbocycles. The van der Waals surface area contributed by atoms with E-state index < -0.39 is 0 Å². The van der Waals surface area contributed by atoms with Crippen molar-refractivity contribution in [2.45, 2.75) is 39.0 Å². The van der Waals surface area contributed by atoms with Gasteiger partial charge in [-0.2, -0.15) is 5.10 Å². The van der Waals surface area contributed by atoms with Crippen molar-refractivity contribution in [2.75, 3.05) is 6.54 Å². The molecule has 0 N–H and O–H groups in total. The highest BCUT2D eigenvalue weighted by Crippen LogP contribution is 2.06. The molecule has 3 nitrogen and oxygen atoms in total. The van der Waals surface area contributed by atoms with E-state index in [0.29, 0.717) is 6.42 Å². The van der Waals surface area contributed by atoms with Crippen LogP contribution in [0.4, 0.5) is 0 Å². The lowest BCUT2D eigenvalue weighted by Gasteiger charge is -2.19. The number of hydrogen-bond acceptors (Lipinski definition) is 2. The second-order valence-corrected chi connectivity index (χ2v) is 3.06. The summed E-state index contributed by atoms with van der Waals surface area (Å²) in [5, 5.41) is 5.64. The molecule has 0 aromatic heterocycles. The topological polar surface area (TPSA) is 32.7 Å². The fourth-order valence-electron chi connectivity index (χ4n) is 1.23. The molecule has 1 aliphatic heterocycles. The van der Waals surface area contributed by atoms with Crippen LogP contribution in [0.1, 0.15) is 39.0 Å². The molecule has 0 fully saturated rings. The van der Waals surface area contributed by atoms with Crippen molar-refractivity contribution in [2.24, 2.45) is 5.10 Å². The van der Waals surface area contributed by atoms with Gasteiger partial charge < -0.3 is 0 Å². The summed E-state index contributed by atoms with van der Waals surface area (Å²) >= 11 is 0. The van der Waals surface area contributed by atoms with E-state index in [1.807, 2.05) is 6.21 Å². The molecule has 0 aromatic carbocycles. The van der Waals surface area contributed by atoms with Crippen molar-refractivity contribution in [1.29, 1.82) is 0 Å². The molecular weight excluding hydrogens is 152 g/mol. The summed E-state index contributed by atoms with van der Waals surface area (Å²) in [6.07, 6.45) is 6.71. The van der Waals surface area contributed by atoms with E-state index >= 15 is 0 Å². The summed E-state index contributed by atoms with van der Waals surface area (Å²) in [6, 6.07) is 0. The van der Waals surface area contributed by atoms with Crippen LogP contribution in [0.15, 0.2) is 5.10 Å². The van der Waals surface area contributed by atoms with Gasteiger partial charge in [0.2, 0.25) is 5.91 Å². The molecule has 0 saturated carbocycles. The van der Waals surface area contributed by atoms with Crippen molar-refractivity contribution in [3.8, 4) is 0 Å². The van der Waals surface area contributed by atoms with E-state index in [1.165, 1.54) is 12.8 Å². The van der Waals surface area contributed by atoms with Gasteiger partial charge in [-0.15, -0.1) is 0 Å². The second kappa shape index (κ2) is 4.91. The quantitative estimate of drug-likeness (QED) is 0.589. The first-order valence-corrected chi connectivity index (χ1v) is 4.67. The van der Waals surface area contributed by atoms with Crippen molar-refractivity contribution in [1.82, 2.24) is 5.01 Å². The molecule has 0 bridgehead atoms. The summed E-state index contributed by atoms with van der Waals surface area (Å²) in [6.45, 7) is 2.95. The molecular formula is C9H16N2O. The number of carbonyl (C=O) groups is 1. The number of hydrogen-bond donors (Lipinski definition) is 0. The maximum atomic E-state index is 11.2. The van der Waals surface area contributed by atoms with Gasteiger partial charge in [-0.25, -0.2) is 5.01 Å². The van der Waals surface area contributed by atoms with Crippen molar-refractivity contribution in [3.63, 3.8) is 0 Å². The Labute approximate surface area is 73.4 Å². The van der Waals surface area contributed by atoms with Crippen LogP contribution in [0.25, 0.3) is 0 Å². The van der Waals surface area contributed by atoms with Crippen LogP contribution in [-0.4, -0.2) is 23.7 Å². The normalized spacial score (nSPS) is 17.1. The lowest BCUT2D eigenvalue weighted by Crippen LogP contribution is -2.29. The fourth-order valence-corrected chi connectivity index (χ4v) is 1.23. The van der Waals surface area contributed by atoms with E-state index in [1.54, 1.807) is 5.01 Å². The van der Waals surface area contributed by atoms with Crippen LogP contribution < -0.4 is 0 Å². The summed E-state index contributed by atoms with van der Waals surface area (Å²) in [5.41, 5.74) is 0. The molecule has 1 rings (SSSR count). The van der Waals surface area contributed by atoms with Crippen LogP contribution in [0, 0.1) is 0 Å². The Hall–Kier alpha value is -0.860. The van der Waals surface area contributed by atoms with E-state index in [2.05, 4.69) is 12.0 Å². The molecule has 1 amide bonds. The minimum Gasteiger partial charge on any atom is -0.273 e. The van der Waals surface area contributed by atoms with Gasteiger partial charge in [0.15, 0.2) is 0 Å². The first-order chi connectivity index (χ1) is 5.84. The van der Waals surface area contributed by atoms with Crippen LogP contribution in [0.5, 0.6) is 0 Å². The van der Waals surface area contributed by atoms with E-state index in [4.69, 9.17) is 0 Å². The first-order valence-electron chi connectivity index (χ1n) is 4.67. The van der Waals surface area contributed by atoms with Gasteiger partial charge in [-0.3, -0.25) is 4.79 Å². The summed E-state index contributed by atoms with van der Waals surface area (Å²) in [7, 11) is 0. The van der Waals surface area contributed by atoms with Gasteiger partial charge in [-0.1, -0.05) is 19.8 Å². The minimum atomic E-state index is 0.175. The largest absolute Gasteiger partial charge is 0.273 e. The Balaban J connectivity index is 2.25. The number of nitrogens with zero attached hydrogens (tertiary/aromatic N) is 2. The molecule has 0 spiro atoms. The molecule has 0 unspecified atom stereocenters. The Morgan fingerprint density at radius 1 is 1.58 bits per heavy atom. The van der Waals surface area contributed by atoms with Crippen LogP contribution >= 0.6 is 0 Å². The Morgan fingerprint density at radius 2 is 2.42 bits per heavy atom. The molecule has 0 aromatic rings. The zero-order chi connectivity index (χ0) is 8.81. The highest BCUT2D eigenvalue weighted by Gasteiger charge is 2.13. The lowest BCUT2D eigenvalue weighted by molar-refractivity contribution is -0.131. The average molecular weight is 168 g/mol. The molecule has 3 heteroatoms. The first kappa shape index (κ1) is 9.23. The number of rotatable bonds is 4. The fraction of sp³-hybridized carbons (Fsp3) is 0.778. The Kier molecular flexibility index (Phi) is 3.77. The summed E-state index contributed by atoms with van der Waals surface area (Å²) in [5.74, 6) is 0.175. The number of unbranched alkanes of at least 4 members (excludes halogenated alkanes) is 2. The van der Waals surface area contributed by atoms with Gasteiger partial charge in [-0.05, 0) is 12.8 Å². The van der Waals surface area contributed by atoms with Crippen LogP contribution in [0.2, 0.25) is 0 Å². The molecule has 68 valence electrons. The van der Waals surface area contributed by atoms with Gasteiger partial charge in [0, 0.05) is 19.2 Å². The molecule has 0 atom stereocenters. The number of amides is 1. The molecule has 0 saturated heterocycles. The van der Waals surface area contributed by atoms with Crippen LogP contribution in [-0.2, 0) is 4.79 Å². The van der Waals surface area contributed by atoms with Gasteiger partial charge in [0.25, 0.3) is 0 Å². The predicted octanol–water partition coefficient (Wildman–Crippen LogP) is 1.78. The standard InChI is InChI=1S/C9H16N2O/c1-2-3-4-8-11-9(12)6-5-7-10-11/h7H,2-6,8H2,1H3. The lowest BCUT2D eigenvalue weighted by atomic mass is 10.2. The maximum Gasteiger partial charge on any atom is 0.243 e. The molecule has 1 heterocycles. The monoisotopic (exact) mass is 168 g/mol. The van der Waals surface area contributed by atoms with E-state index in [0.717, 1.165) is 19.4 Å². The highest BCUT2D eigenvalue weighted by molar-refractivity contribution is 5.82. The van der Waals surface area contributed by atoms with Gasteiger partial charge in [0.05, 0.1) is 0 Å². The van der Waals surface area contributed by atoms with E-state index in [-0.39, 0.29) is 5.91 Å². The Bertz CT molecular complexity index is 177. The van der Waals surface area contributed by atoms with Gasteiger partial charge in [0.1, 0.15) is 0 Å². The highest BCUT2D eigenvalue weighted by atomic mass is 16.2. The third kappa shape index (κ3) is 2.64. The SMILES string of the molecule is CCCCCN1N=CCCC1=O. The zero-order valence-corrected chi connectivity index (χ0v) is 7.62. The minimum absolute atomic E-state index is 0.175. The predicted molar refractivity (Wildman–Crippen MR) is 49.0 cm³/mol. The third-order valence-electron chi connectivity index (χ3n) is 1.97. The van der Waals surface area contributed by atoms with Crippen molar-refractivity contribution >= 4 is 12.1 Å².